The van der Waals surface area contributed by atoms with Gasteiger partial charge in [0.1, 0.15) is 5.82 Å². The molecule has 0 aliphatic rings. The second-order valence-corrected chi connectivity index (χ2v) is 6.16. The van der Waals surface area contributed by atoms with Crippen LogP contribution in [0.25, 0.3) is 10.9 Å². The summed E-state index contributed by atoms with van der Waals surface area (Å²) < 4.78 is 0. The minimum absolute atomic E-state index is 0.134. The molecule has 0 atom stereocenters. The van der Waals surface area contributed by atoms with Crippen molar-refractivity contribution in [2.45, 2.75) is 13.5 Å². The Kier molecular flexibility index (Phi) is 4.52. The Balaban J connectivity index is 1.90. The van der Waals surface area contributed by atoms with Gasteiger partial charge in [0, 0.05) is 43.3 Å². The van der Waals surface area contributed by atoms with Crippen molar-refractivity contribution in [3.05, 3.63) is 69.8 Å². The molecule has 25 heavy (non-hydrogen) atoms. The number of nitrogens with one attached hydrogen (secondary N) is 1. The predicted octanol–water partition coefficient (Wildman–Crippen LogP) is 4.13. The number of aromatic nitrogens is 1. The fraction of sp³-hybridized carbons (Fsp3) is 0.211. The van der Waals surface area contributed by atoms with Crippen molar-refractivity contribution in [3.8, 4) is 0 Å². The Morgan fingerprint density at radius 2 is 1.92 bits per heavy atom. The topological polar surface area (TPSA) is 71.3 Å². The first-order chi connectivity index (χ1) is 12.0. The van der Waals surface area contributed by atoms with Crippen LogP contribution in [0.3, 0.4) is 0 Å². The molecule has 1 N–H and O–H groups in total. The number of rotatable bonds is 5. The number of benzene rings is 2. The van der Waals surface area contributed by atoms with Crippen molar-refractivity contribution >= 4 is 28.1 Å². The molecule has 0 radical (unpaired) electrons. The zero-order valence-corrected chi connectivity index (χ0v) is 14.5. The van der Waals surface area contributed by atoms with E-state index in [1.54, 1.807) is 19.1 Å². The van der Waals surface area contributed by atoms with Crippen molar-refractivity contribution < 1.29 is 4.92 Å². The Hall–Kier alpha value is -3.15. The Labute approximate surface area is 146 Å². The third kappa shape index (κ3) is 3.52. The van der Waals surface area contributed by atoms with Crippen LogP contribution in [0.5, 0.6) is 0 Å². The van der Waals surface area contributed by atoms with E-state index in [1.807, 2.05) is 37.2 Å². The summed E-state index contributed by atoms with van der Waals surface area (Å²) in [5.74, 6) is 0.899. The quantitative estimate of drug-likeness (QED) is 0.560. The van der Waals surface area contributed by atoms with Gasteiger partial charge < -0.3 is 10.2 Å². The number of hydrogen-bond acceptors (Lipinski definition) is 5. The molecule has 3 aromatic rings. The summed E-state index contributed by atoms with van der Waals surface area (Å²) in [5, 5.41) is 15.4. The average molecular weight is 336 g/mol. The molecular weight excluding hydrogens is 316 g/mol. The van der Waals surface area contributed by atoms with Gasteiger partial charge in [-0.1, -0.05) is 18.2 Å². The van der Waals surface area contributed by atoms with Gasteiger partial charge in [0.15, 0.2) is 0 Å². The van der Waals surface area contributed by atoms with Crippen molar-refractivity contribution in [2.75, 3.05) is 24.3 Å². The first-order valence-corrected chi connectivity index (χ1v) is 8.00. The fourth-order valence-electron chi connectivity index (χ4n) is 2.77. The van der Waals surface area contributed by atoms with Crippen LogP contribution in [0.15, 0.2) is 48.5 Å². The normalized spacial score (nSPS) is 10.7. The minimum Gasteiger partial charge on any atom is -0.381 e. The van der Waals surface area contributed by atoms with E-state index >= 15 is 0 Å². The molecule has 0 spiro atoms. The first-order valence-electron chi connectivity index (χ1n) is 8.00. The highest BCUT2D eigenvalue weighted by Gasteiger charge is 2.11. The maximum absolute atomic E-state index is 10.9. The van der Waals surface area contributed by atoms with Gasteiger partial charge in [-0.05, 0) is 36.8 Å². The maximum atomic E-state index is 10.9. The highest BCUT2D eigenvalue weighted by atomic mass is 16.6. The number of hydrogen-bond donors (Lipinski definition) is 1. The SMILES string of the molecule is Cc1cc(NCc2cc(N(C)C)nc3ccccc23)ccc1[N+](=O)[O-]. The van der Waals surface area contributed by atoms with E-state index in [-0.39, 0.29) is 10.6 Å². The molecule has 128 valence electrons. The Morgan fingerprint density at radius 1 is 1.16 bits per heavy atom. The van der Waals surface area contributed by atoms with Gasteiger partial charge in [0.05, 0.1) is 10.4 Å². The Morgan fingerprint density at radius 3 is 2.60 bits per heavy atom. The van der Waals surface area contributed by atoms with E-state index < -0.39 is 0 Å². The molecule has 3 rings (SSSR count). The lowest BCUT2D eigenvalue weighted by Crippen LogP contribution is -2.12. The van der Waals surface area contributed by atoms with Gasteiger partial charge in [0.2, 0.25) is 0 Å². The third-order valence-electron chi connectivity index (χ3n) is 4.12. The summed E-state index contributed by atoms with van der Waals surface area (Å²) in [4.78, 5) is 17.2. The van der Waals surface area contributed by atoms with Crippen molar-refractivity contribution in [1.29, 1.82) is 0 Å². The van der Waals surface area contributed by atoms with Crippen molar-refractivity contribution in [1.82, 2.24) is 4.98 Å². The molecule has 2 aromatic carbocycles. The minimum atomic E-state index is -0.362. The smallest absolute Gasteiger partial charge is 0.272 e. The lowest BCUT2D eigenvalue weighted by Gasteiger charge is -2.16. The van der Waals surface area contributed by atoms with Crippen LogP contribution in [0.2, 0.25) is 0 Å². The standard InChI is InChI=1S/C19H20N4O2/c1-13-10-15(8-9-18(13)23(24)25)20-12-14-11-19(22(2)3)21-17-7-5-4-6-16(14)17/h4-11,20H,12H2,1-3H3. The number of para-hydroxylation sites is 1. The molecule has 0 saturated carbocycles. The second-order valence-electron chi connectivity index (χ2n) is 6.16. The largest absolute Gasteiger partial charge is 0.381 e. The molecule has 0 bridgehead atoms. The number of nitro benzene ring substituents is 1. The molecule has 0 saturated heterocycles. The number of nitro groups is 1. The van der Waals surface area contributed by atoms with Crippen LogP contribution in [-0.2, 0) is 6.54 Å². The van der Waals surface area contributed by atoms with Crippen LogP contribution < -0.4 is 10.2 Å². The number of aryl methyl sites for hydroxylation is 1. The van der Waals surface area contributed by atoms with Gasteiger partial charge in [-0.2, -0.15) is 0 Å². The predicted molar refractivity (Wildman–Crippen MR) is 101 cm³/mol. The van der Waals surface area contributed by atoms with E-state index in [9.17, 15) is 10.1 Å². The van der Waals surface area contributed by atoms with E-state index in [0.29, 0.717) is 12.1 Å². The van der Waals surface area contributed by atoms with E-state index in [1.165, 1.54) is 6.07 Å². The van der Waals surface area contributed by atoms with Gasteiger partial charge in [-0.25, -0.2) is 4.98 Å². The van der Waals surface area contributed by atoms with Crippen LogP contribution >= 0.6 is 0 Å². The highest BCUT2D eigenvalue weighted by molar-refractivity contribution is 5.84. The summed E-state index contributed by atoms with van der Waals surface area (Å²) in [6.07, 6.45) is 0. The molecule has 0 fully saturated rings. The molecule has 6 heteroatoms. The summed E-state index contributed by atoms with van der Waals surface area (Å²) >= 11 is 0. The van der Waals surface area contributed by atoms with Crippen molar-refractivity contribution in [3.63, 3.8) is 0 Å². The van der Waals surface area contributed by atoms with E-state index in [2.05, 4.69) is 22.4 Å². The van der Waals surface area contributed by atoms with Gasteiger partial charge >= 0.3 is 0 Å². The summed E-state index contributed by atoms with van der Waals surface area (Å²) in [5.41, 5.74) is 3.71. The fourth-order valence-corrected chi connectivity index (χ4v) is 2.77. The summed E-state index contributed by atoms with van der Waals surface area (Å²) in [6.45, 7) is 2.36. The van der Waals surface area contributed by atoms with Crippen LogP contribution in [-0.4, -0.2) is 24.0 Å². The zero-order valence-electron chi connectivity index (χ0n) is 14.5. The number of fused-ring (bicyclic) bond motifs is 1. The highest BCUT2D eigenvalue weighted by Crippen LogP contribution is 2.25. The molecule has 6 nitrogen and oxygen atoms in total. The van der Waals surface area contributed by atoms with Gasteiger partial charge in [-0.15, -0.1) is 0 Å². The molecule has 0 aliphatic heterocycles. The van der Waals surface area contributed by atoms with Crippen molar-refractivity contribution in [2.24, 2.45) is 0 Å². The summed E-state index contributed by atoms with van der Waals surface area (Å²) in [6, 6.07) is 15.2. The number of anilines is 2. The maximum Gasteiger partial charge on any atom is 0.272 e. The zero-order chi connectivity index (χ0) is 18.0. The molecule has 0 aliphatic carbocycles. The third-order valence-corrected chi connectivity index (χ3v) is 4.12. The molecular formula is C19H20N4O2. The summed E-state index contributed by atoms with van der Waals surface area (Å²) in [7, 11) is 3.93. The Bertz CT molecular complexity index is 938. The lowest BCUT2D eigenvalue weighted by atomic mass is 10.1. The lowest BCUT2D eigenvalue weighted by molar-refractivity contribution is -0.385. The number of nitrogens with zero attached hydrogens (tertiary/aromatic N) is 3. The van der Waals surface area contributed by atoms with Crippen LogP contribution in [0.1, 0.15) is 11.1 Å². The van der Waals surface area contributed by atoms with Crippen LogP contribution in [0.4, 0.5) is 17.2 Å². The second kappa shape index (κ2) is 6.76. The van der Waals surface area contributed by atoms with Gasteiger partial charge in [-0.3, -0.25) is 10.1 Å². The average Bonchev–Trinajstić information content (AvgIpc) is 2.59. The molecule has 0 unspecified atom stereocenters. The first kappa shape index (κ1) is 16.7. The molecule has 1 heterocycles. The number of pyridine rings is 1. The monoisotopic (exact) mass is 336 g/mol. The van der Waals surface area contributed by atoms with E-state index in [0.717, 1.165) is 28.0 Å². The molecule has 1 aromatic heterocycles. The molecule has 0 amide bonds. The van der Waals surface area contributed by atoms with Gasteiger partial charge in [0.25, 0.3) is 5.69 Å². The van der Waals surface area contributed by atoms with E-state index in [4.69, 9.17) is 0 Å². The van der Waals surface area contributed by atoms with Crippen LogP contribution in [0, 0.1) is 17.0 Å².